The number of ether oxygens (including phenoxy) is 1. The third kappa shape index (κ3) is 5.76. The summed E-state index contributed by atoms with van der Waals surface area (Å²) in [6.45, 7) is 4.78. The number of rotatable bonds is 5. The highest BCUT2D eigenvalue weighted by Crippen LogP contribution is 2.25. The van der Waals surface area contributed by atoms with Crippen LogP contribution in [-0.4, -0.2) is 57.3 Å². The molecule has 122 valence electrons. The topological polar surface area (TPSA) is 48.9 Å². The molecule has 5 nitrogen and oxygen atoms in total. The van der Waals surface area contributed by atoms with Crippen LogP contribution in [0.1, 0.15) is 10.9 Å². The minimum Gasteiger partial charge on any atom is -0.379 e. The maximum atomic E-state index is 5.45. The molecule has 1 fully saturated rings. The van der Waals surface area contributed by atoms with Crippen LogP contribution in [0.15, 0.2) is 22.5 Å². The number of terminal acetylenes is 1. The molecule has 1 aliphatic heterocycles. The van der Waals surface area contributed by atoms with E-state index in [1.807, 2.05) is 0 Å². The zero-order valence-corrected chi connectivity index (χ0v) is 15.9. The summed E-state index contributed by atoms with van der Waals surface area (Å²) in [6, 6.07) is 4.61. The van der Waals surface area contributed by atoms with E-state index >= 15 is 0 Å². The fraction of sp³-hybridized carbons (Fsp3) is 0.533. The van der Waals surface area contributed by atoms with Crippen molar-refractivity contribution in [2.24, 2.45) is 4.99 Å². The first-order valence-corrected chi connectivity index (χ1v) is 7.96. The molecule has 2 heterocycles. The van der Waals surface area contributed by atoms with Gasteiger partial charge in [-0.3, -0.25) is 9.89 Å². The van der Waals surface area contributed by atoms with Crippen LogP contribution < -0.4 is 10.6 Å². The van der Waals surface area contributed by atoms with E-state index in [4.69, 9.17) is 11.2 Å². The van der Waals surface area contributed by atoms with Crippen molar-refractivity contribution in [3.63, 3.8) is 0 Å². The lowest BCUT2D eigenvalue weighted by Gasteiger charge is -2.34. The quantitative estimate of drug-likeness (QED) is 0.320. The van der Waals surface area contributed by atoms with Gasteiger partial charge in [0, 0.05) is 31.6 Å². The molecule has 0 spiro atoms. The van der Waals surface area contributed by atoms with E-state index in [9.17, 15) is 0 Å². The van der Waals surface area contributed by atoms with Crippen LogP contribution in [0, 0.1) is 12.3 Å². The van der Waals surface area contributed by atoms with Crippen molar-refractivity contribution in [2.45, 2.75) is 6.04 Å². The average Bonchev–Trinajstić information content (AvgIpc) is 3.06. The summed E-state index contributed by atoms with van der Waals surface area (Å²) in [7, 11) is 1.75. The Morgan fingerprint density at radius 1 is 1.50 bits per heavy atom. The summed E-state index contributed by atoms with van der Waals surface area (Å²) >= 11 is 1.79. The number of hydrogen-bond acceptors (Lipinski definition) is 4. The van der Waals surface area contributed by atoms with Crippen LogP contribution >= 0.6 is 35.3 Å². The van der Waals surface area contributed by atoms with Crippen molar-refractivity contribution in [2.75, 3.05) is 46.4 Å². The molecular weight excluding hydrogens is 411 g/mol. The Hall–Kier alpha value is -0.820. The summed E-state index contributed by atoms with van der Waals surface area (Å²) in [5.74, 6) is 3.29. The van der Waals surface area contributed by atoms with E-state index in [0.29, 0.717) is 12.6 Å². The van der Waals surface area contributed by atoms with Gasteiger partial charge in [0.05, 0.1) is 25.8 Å². The number of nitrogens with one attached hydrogen (secondary N) is 2. The van der Waals surface area contributed by atoms with E-state index in [0.717, 1.165) is 38.8 Å². The third-order valence-electron chi connectivity index (χ3n) is 3.40. The van der Waals surface area contributed by atoms with Crippen molar-refractivity contribution < 1.29 is 4.74 Å². The summed E-state index contributed by atoms with van der Waals surface area (Å²) in [5, 5.41) is 8.56. The lowest BCUT2D eigenvalue weighted by molar-refractivity contribution is 0.0177. The third-order valence-corrected chi connectivity index (χ3v) is 4.38. The number of guanidine groups is 1. The minimum absolute atomic E-state index is 0. The summed E-state index contributed by atoms with van der Waals surface area (Å²) in [6.07, 6.45) is 5.27. The Bertz CT molecular complexity index is 480. The Kier molecular flexibility index (Phi) is 9.47. The molecule has 2 N–H and O–H groups in total. The predicted molar refractivity (Wildman–Crippen MR) is 103 cm³/mol. The van der Waals surface area contributed by atoms with Gasteiger partial charge in [-0.25, -0.2) is 0 Å². The normalized spacial score (nSPS) is 17.2. The molecule has 1 unspecified atom stereocenters. The fourth-order valence-electron chi connectivity index (χ4n) is 2.33. The molecular formula is C15H23IN4OS. The maximum Gasteiger partial charge on any atom is 0.191 e. The van der Waals surface area contributed by atoms with Crippen LogP contribution in [0.4, 0.5) is 0 Å². The Labute approximate surface area is 153 Å². The number of nitrogens with zero attached hydrogens (tertiary/aromatic N) is 2. The molecule has 0 aromatic carbocycles. The van der Waals surface area contributed by atoms with Crippen molar-refractivity contribution in [1.29, 1.82) is 0 Å². The Morgan fingerprint density at radius 3 is 2.86 bits per heavy atom. The van der Waals surface area contributed by atoms with Gasteiger partial charge in [-0.1, -0.05) is 12.0 Å². The molecule has 0 amide bonds. The molecule has 0 saturated carbocycles. The zero-order chi connectivity index (χ0) is 14.9. The predicted octanol–water partition coefficient (Wildman–Crippen LogP) is 1.54. The van der Waals surface area contributed by atoms with Gasteiger partial charge in [0.25, 0.3) is 0 Å². The number of morpholine rings is 1. The lowest BCUT2D eigenvalue weighted by Crippen LogP contribution is -2.46. The van der Waals surface area contributed by atoms with Crippen LogP contribution in [0.3, 0.4) is 0 Å². The van der Waals surface area contributed by atoms with Crippen LogP contribution in [0.2, 0.25) is 0 Å². The molecule has 1 aromatic heterocycles. The smallest absolute Gasteiger partial charge is 0.191 e. The van der Waals surface area contributed by atoms with Gasteiger partial charge in [-0.15, -0.1) is 41.7 Å². The summed E-state index contributed by atoms with van der Waals surface area (Å²) < 4.78 is 5.45. The highest BCUT2D eigenvalue weighted by atomic mass is 127. The molecule has 1 aromatic rings. The lowest BCUT2D eigenvalue weighted by atomic mass is 10.2. The first-order valence-electron chi connectivity index (χ1n) is 7.08. The second-order valence-corrected chi connectivity index (χ2v) is 5.67. The fourth-order valence-corrected chi connectivity index (χ4v) is 3.19. The molecule has 2 rings (SSSR count). The van der Waals surface area contributed by atoms with Crippen molar-refractivity contribution in [3.05, 3.63) is 22.4 Å². The van der Waals surface area contributed by atoms with Gasteiger partial charge >= 0.3 is 0 Å². The molecule has 1 aliphatic rings. The number of thiophene rings is 1. The second-order valence-electron chi connectivity index (χ2n) is 4.69. The first kappa shape index (κ1) is 19.2. The van der Waals surface area contributed by atoms with Gasteiger partial charge < -0.3 is 15.4 Å². The largest absolute Gasteiger partial charge is 0.379 e. The highest BCUT2D eigenvalue weighted by Gasteiger charge is 2.23. The molecule has 0 radical (unpaired) electrons. The molecule has 22 heavy (non-hydrogen) atoms. The molecule has 1 saturated heterocycles. The summed E-state index contributed by atoms with van der Waals surface area (Å²) in [5.41, 5.74) is 0. The van der Waals surface area contributed by atoms with Crippen molar-refractivity contribution in [1.82, 2.24) is 15.5 Å². The molecule has 1 atom stereocenters. The number of aliphatic imine (C=N–C) groups is 1. The van der Waals surface area contributed by atoms with E-state index in [1.54, 1.807) is 18.4 Å². The maximum absolute atomic E-state index is 5.45. The van der Waals surface area contributed by atoms with Gasteiger partial charge in [-0.05, 0) is 11.4 Å². The highest BCUT2D eigenvalue weighted by molar-refractivity contribution is 14.0. The molecule has 0 aliphatic carbocycles. The van der Waals surface area contributed by atoms with Crippen molar-refractivity contribution in [3.8, 4) is 12.3 Å². The van der Waals surface area contributed by atoms with E-state index in [1.165, 1.54) is 4.88 Å². The van der Waals surface area contributed by atoms with Crippen LogP contribution in [0.5, 0.6) is 0 Å². The van der Waals surface area contributed by atoms with E-state index in [-0.39, 0.29) is 24.0 Å². The van der Waals surface area contributed by atoms with E-state index < -0.39 is 0 Å². The van der Waals surface area contributed by atoms with Gasteiger partial charge in [0.2, 0.25) is 0 Å². The van der Waals surface area contributed by atoms with Crippen LogP contribution in [0.25, 0.3) is 0 Å². The SMILES string of the molecule is C#CCNC(=NC)NCC(c1cccs1)N1CCOCC1.I. The van der Waals surface area contributed by atoms with E-state index in [2.05, 4.69) is 44.0 Å². The molecule has 7 heteroatoms. The standard InChI is InChI=1S/C15H22N4OS.HI/c1-3-6-17-15(16-2)18-12-13(14-5-4-11-21-14)19-7-9-20-10-8-19;/h1,4-5,11,13H,6-10,12H2,2H3,(H2,16,17,18);1H. The van der Waals surface area contributed by atoms with Crippen LogP contribution in [-0.2, 0) is 4.74 Å². The van der Waals surface area contributed by atoms with Gasteiger partial charge in [-0.2, -0.15) is 0 Å². The van der Waals surface area contributed by atoms with Gasteiger partial charge in [0.15, 0.2) is 5.96 Å². The Morgan fingerprint density at radius 2 is 2.27 bits per heavy atom. The minimum atomic E-state index is 0. The van der Waals surface area contributed by atoms with Gasteiger partial charge in [0.1, 0.15) is 0 Å². The first-order chi connectivity index (χ1) is 10.3. The second kappa shape index (κ2) is 10.8. The number of hydrogen-bond donors (Lipinski definition) is 2. The van der Waals surface area contributed by atoms with Crippen molar-refractivity contribution >= 4 is 41.3 Å². The number of halogens is 1. The Balaban J connectivity index is 0.00000242. The average molecular weight is 434 g/mol. The summed E-state index contributed by atoms with van der Waals surface area (Å²) in [4.78, 5) is 8.00. The monoisotopic (exact) mass is 434 g/mol. The zero-order valence-electron chi connectivity index (χ0n) is 12.7. The molecule has 0 bridgehead atoms.